The highest BCUT2D eigenvalue weighted by molar-refractivity contribution is 9.11. The Kier molecular flexibility index (Phi) is 5.36. The molecule has 0 amide bonds. The number of rotatable bonds is 5. The van der Waals surface area contributed by atoms with Crippen LogP contribution in [0.2, 0.25) is 0 Å². The maximum absolute atomic E-state index is 5.94. The van der Waals surface area contributed by atoms with E-state index in [0.717, 1.165) is 32.6 Å². The molecule has 1 N–H and O–H groups in total. The second kappa shape index (κ2) is 7.47. The molecule has 0 aliphatic heterocycles. The lowest BCUT2D eigenvalue weighted by molar-refractivity contribution is 0.493. The van der Waals surface area contributed by atoms with E-state index < -0.39 is 0 Å². The Hall–Kier alpha value is -1.36. The van der Waals surface area contributed by atoms with Crippen molar-refractivity contribution in [3.8, 4) is 11.3 Å². The smallest absolute Gasteiger partial charge is 0.135 e. The molecule has 118 valence electrons. The third-order valence-electron chi connectivity index (χ3n) is 3.61. The summed E-state index contributed by atoms with van der Waals surface area (Å²) in [7, 11) is 0. The van der Waals surface area contributed by atoms with E-state index in [9.17, 15) is 0 Å². The third-order valence-corrected chi connectivity index (χ3v) is 4.76. The molecule has 23 heavy (non-hydrogen) atoms. The predicted molar refractivity (Wildman–Crippen MR) is 101 cm³/mol. The van der Waals surface area contributed by atoms with Crippen LogP contribution in [0, 0.1) is 6.92 Å². The number of benzene rings is 2. The number of halogens is 2. The standard InChI is InChI=1S/C19H17Br2NO/c1-13-2-4-14(5-3-13)11-22-12-16-7-9-19(23-16)17-8-6-15(20)10-18(17)21/h2-10,22H,11-12H2,1H3. The van der Waals surface area contributed by atoms with Crippen molar-refractivity contribution in [2.75, 3.05) is 0 Å². The summed E-state index contributed by atoms with van der Waals surface area (Å²) in [4.78, 5) is 0. The van der Waals surface area contributed by atoms with Crippen LogP contribution in [-0.2, 0) is 13.1 Å². The first-order valence-corrected chi connectivity index (χ1v) is 9.01. The van der Waals surface area contributed by atoms with Gasteiger partial charge in [-0.2, -0.15) is 0 Å². The quantitative estimate of drug-likeness (QED) is 0.527. The minimum absolute atomic E-state index is 0.710. The van der Waals surface area contributed by atoms with Gasteiger partial charge in [-0.25, -0.2) is 0 Å². The van der Waals surface area contributed by atoms with Crippen LogP contribution in [0.3, 0.4) is 0 Å². The minimum atomic E-state index is 0.710. The molecule has 0 aliphatic rings. The molecule has 0 atom stereocenters. The molecule has 0 unspecified atom stereocenters. The summed E-state index contributed by atoms with van der Waals surface area (Å²) in [5.41, 5.74) is 3.61. The minimum Gasteiger partial charge on any atom is -0.460 e. The van der Waals surface area contributed by atoms with Gasteiger partial charge in [0, 0.05) is 21.1 Å². The summed E-state index contributed by atoms with van der Waals surface area (Å²) < 4.78 is 8.00. The monoisotopic (exact) mass is 433 g/mol. The molecule has 1 heterocycles. The van der Waals surface area contributed by atoms with Crippen LogP contribution in [0.4, 0.5) is 0 Å². The van der Waals surface area contributed by atoms with Crippen LogP contribution in [0.5, 0.6) is 0 Å². The number of aryl methyl sites for hydroxylation is 1. The lowest BCUT2D eigenvalue weighted by Crippen LogP contribution is -2.11. The van der Waals surface area contributed by atoms with Crippen molar-refractivity contribution in [3.63, 3.8) is 0 Å². The summed E-state index contributed by atoms with van der Waals surface area (Å²) >= 11 is 7.04. The normalized spacial score (nSPS) is 10.9. The van der Waals surface area contributed by atoms with E-state index in [2.05, 4.69) is 68.4 Å². The van der Waals surface area contributed by atoms with Gasteiger partial charge in [0.05, 0.1) is 6.54 Å². The van der Waals surface area contributed by atoms with Crippen molar-refractivity contribution in [1.29, 1.82) is 0 Å². The third kappa shape index (κ3) is 4.34. The van der Waals surface area contributed by atoms with Gasteiger partial charge in [-0.05, 0) is 58.7 Å². The molecule has 3 aromatic rings. The molecule has 4 heteroatoms. The topological polar surface area (TPSA) is 25.2 Å². The van der Waals surface area contributed by atoms with Gasteiger partial charge in [0.25, 0.3) is 0 Å². The first-order chi connectivity index (χ1) is 11.1. The van der Waals surface area contributed by atoms with Gasteiger partial charge in [-0.1, -0.05) is 45.8 Å². The van der Waals surface area contributed by atoms with Crippen LogP contribution in [-0.4, -0.2) is 0 Å². The van der Waals surface area contributed by atoms with E-state index in [1.807, 2.05) is 30.3 Å². The zero-order chi connectivity index (χ0) is 16.2. The van der Waals surface area contributed by atoms with E-state index in [-0.39, 0.29) is 0 Å². The average Bonchev–Trinajstić information content (AvgIpc) is 2.98. The van der Waals surface area contributed by atoms with Crippen molar-refractivity contribution in [3.05, 3.63) is 80.4 Å². The number of hydrogen-bond donors (Lipinski definition) is 1. The average molecular weight is 435 g/mol. The molecule has 2 nitrogen and oxygen atoms in total. The van der Waals surface area contributed by atoms with Crippen LogP contribution < -0.4 is 5.32 Å². The Morgan fingerprint density at radius 2 is 1.70 bits per heavy atom. The highest BCUT2D eigenvalue weighted by Gasteiger charge is 2.08. The van der Waals surface area contributed by atoms with Gasteiger partial charge >= 0.3 is 0 Å². The Balaban J connectivity index is 1.62. The first-order valence-electron chi connectivity index (χ1n) is 7.42. The Morgan fingerprint density at radius 1 is 0.913 bits per heavy atom. The summed E-state index contributed by atoms with van der Waals surface area (Å²) in [6, 6.07) is 18.7. The number of nitrogens with one attached hydrogen (secondary N) is 1. The number of hydrogen-bond acceptors (Lipinski definition) is 2. The second-order valence-electron chi connectivity index (χ2n) is 5.48. The van der Waals surface area contributed by atoms with E-state index in [4.69, 9.17) is 4.42 Å². The Bertz CT molecular complexity index is 793. The maximum Gasteiger partial charge on any atom is 0.135 e. The van der Waals surface area contributed by atoms with Gasteiger partial charge in [-0.15, -0.1) is 0 Å². The van der Waals surface area contributed by atoms with E-state index in [1.54, 1.807) is 0 Å². The maximum atomic E-state index is 5.94. The van der Waals surface area contributed by atoms with Crippen molar-refractivity contribution in [2.45, 2.75) is 20.0 Å². The van der Waals surface area contributed by atoms with Gasteiger partial charge in [0.2, 0.25) is 0 Å². The van der Waals surface area contributed by atoms with Crippen LogP contribution >= 0.6 is 31.9 Å². The fraction of sp³-hybridized carbons (Fsp3) is 0.158. The van der Waals surface area contributed by atoms with Gasteiger partial charge < -0.3 is 9.73 Å². The molecule has 0 saturated heterocycles. The molecule has 0 spiro atoms. The van der Waals surface area contributed by atoms with Crippen molar-refractivity contribution >= 4 is 31.9 Å². The molecule has 0 radical (unpaired) electrons. The molecule has 2 aromatic carbocycles. The largest absolute Gasteiger partial charge is 0.460 e. The molecular formula is C19H17Br2NO. The lowest BCUT2D eigenvalue weighted by atomic mass is 10.1. The molecule has 0 fully saturated rings. The lowest BCUT2D eigenvalue weighted by Gasteiger charge is -2.04. The Labute approximate surface area is 153 Å². The zero-order valence-electron chi connectivity index (χ0n) is 12.8. The SMILES string of the molecule is Cc1ccc(CNCc2ccc(-c3ccc(Br)cc3Br)o2)cc1. The highest BCUT2D eigenvalue weighted by atomic mass is 79.9. The van der Waals surface area contributed by atoms with Gasteiger partial charge in [0.15, 0.2) is 0 Å². The molecule has 3 rings (SSSR count). The van der Waals surface area contributed by atoms with Gasteiger partial charge in [0.1, 0.15) is 11.5 Å². The second-order valence-corrected chi connectivity index (χ2v) is 7.25. The predicted octanol–water partition coefficient (Wildman–Crippen LogP) is 6.07. The molecule has 0 bridgehead atoms. The Morgan fingerprint density at radius 3 is 2.43 bits per heavy atom. The molecule has 0 saturated carbocycles. The van der Waals surface area contributed by atoms with Crippen LogP contribution in [0.1, 0.15) is 16.9 Å². The first kappa shape index (κ1) is 16.5. The summed E-state index contributed by atoms with van der Waals surface area (Å²) in [5, 5.41) is 3.41. The van der Waals surface area contributed by atoms with Crippen molar-refractivity contribution < 1.29 is 4.42 Å². The molecular weight excluding hydrogens is 418 g/mol. The number of furan rings is 1. The summed E-state index contributed by atoms with van der Waals surface area (Å²) in [6.07, 6.45) is 0. The van der Waals surface area contributed by atoms with Crippen LogP contribution in [0.15, 0.2) is 68.0 Å². The van der Waals surface area contributed by atoms with Gasteiger partial charge in [-0.3, -0.25) is 0 Å². The fourth-order valence-electron chi connectivity index (χ4n) is 2.34. The van der Waals surface area contributed by atoms with E-state index in [0.29, 0.717) is 6.54 Å². The highest BCUT2D eigenvalue weighted by Crippen LogP contribution is 2.31. The zero-order valence-corrected chi connectivity index (χ0v) is 15.9. The van der Waals surface area contributed by atoms with Crippen molar-refractivity contribution in [1.82, 2.24) is 5.32 Å². The molecule has 0 aliphatic carbocycles. The van der Waals surface area contributed by atoms with Crippen molar-refractivity contribution in [2.24, 2.45) is 0 Å². The summed E-state index contributed by atoms with van der Waals surface area (Å²) in [6.45, 7) is 3.64. The summed E-state index contributed by atoms with van der Waals surface area (Å²) in [5.74, 6) is 1.80. The molecule has 1 aromatic heterocycles. The fourth-order valence-corrected chi connectivity index (χ4v) is 3.59. The van der Waals surface area contributed by atoms with E-state index in [1.165, 1.54) is 11.1 Å². The van der Waals surface area contributed by atoms with Crippen LogP contribution in [0.25, 0.3) is 11.3 Å². The van der Waals surface area contributed by atoms with E-state index >= 15 is 0 Å².